The van der Waals surface area contributed by atoms with Gasteiger partial charge in [-0.2, -0.15) is 0 Å². The summed E-state index contributed by atoms with van der Waals surface area (Å²) in [6, 6.07) is 16.7. The monoisotopic (exact) mass is 457 g/mol. The van der Waals surface area contributed by atoms with Crippen molar-refractivity contribution < 1.29 is 13.2 Å². The van der Waals surface area contributed by atoms with Crippen LogP contribution in [0, 0.1) is 0 Å². The van der Waals surface area contributed by atoms with Gasteiger partial charge in [-0.1, -0.05) is 48.5 Å². The Hall–Kier alpha value is -2.55. The first kappa shape index (κ1) is 23.1. The Balaban J connectivity index is 1.61. The summed E-state index contributed by atoms with van der Waals surface area (Å²) in [5.74, 6) is -0.201. The minimum atomic E-state index is -3.69. The molecular formula is C23H27N3O3S2. The van der Waals surface area contributed by atoms with Crippen molar-refractivity contribution in [2.75, 3.05) is 0 Å². The molecular weight excluding hydrogens is 430 g/mol. The second-order valence-corrected chi connectivity index (χ2v) is 10.9. The Morgan fingerprint density at radius 2 is 1.71 bits per heavy atom. The molecule has 0 saturated heterocycles. The fraction of sp³-hybridized carbons (Fsp3) is 0.304. The van der Waals surface area contributed by atoms with Crippen LogP contribution in [0.5, 0.6) is 0 Å². The third-order valence-electron chi connectivity index (χ3n) is 4.32. The van der Waals surface area contributed by atoms with Gasteiger partial charge in [0.05, 0.1) is 22.0 Å². The van der Waals surface area contributed by atoms with Crippen molar-refractivity contribution in [1.82, 2.24) is 15.0 Å². The van der Waals surface area contributed by atoms with Crippen LogP contribution >= 0.6 is 11.3 Å². The van der Waals surface area contributed by atoms with Gasteiger partial charge in [0.2, 0.25) is 15.9 Å². The van der Waals surface area contributed by atoms with E-state index in [9.17, 15) is 13.2 Å². The van der Waals surface area contributed by atoms with Crippen molar-refractivity contribution in [3.8, 4) is 0 Å². The van der Waals surface area contributed by atoms with Gasteiger partial charge in [0.25, 0.3) is 0 Å². The number of carbonyl (C=O) groups excluding carboxylic acids is 1. The highest BCUT2D eigenvalue weighted by Crippen LogP contribution is 2.18. The smallest absolute Gasteiger partial charge is 0.241 e. The summed E-state index contributed by atoms with van der Waals surface area (Å²) in [5, 5.41) is 5.66. The largest absolute Gasteiger partial charge is 0.352 e. The number of aromatic nitrogens is 1. The molecule has 6 nitrogen and oxygen atoms in total. The van der Waals surface area contributed by atoms with E-state index in [2.05, 4.69) is 15.0 Å². The summed E-state index contributed by atoms with van der Waals surface area (Å²) in [6.45, 7) is 5.49. The SMILES string of the molecule is CC(C)(C)NS(=O)(=O)c1ccccc1CNC(=O)Cc1csc(Cc2ccccc2)n1. The molecule has 31 heavy (non-hydrogen) atoms. The van der Waals surface area contributed by atoms with E-state index >= 15 is 0 Å². The number of rotatable bonds is 8. The predicted octanol–water partition coefficient (Wildman–Crippen LogP) is 3.67. The van der Waals surface area contributed by atoms with Crippen LogP contribution in [0.15, 0.2) is 64.9 Å². The van der Waals surface area contributed by atoms with Crippen molar-refractivity contribution >= 4 is 27.3 Å². The molecule has 1 amide bonds. The van der Waals surface area contributed by atoms with E-state index in [0.29, 0.717) is 11.3 Å². The van der Waals surface area contributed by atoms with Crippen molar-refractivity contribution in [1.29, 1.82) is 0 Å². The first-order valence-corrected chi connectivity index (χ1v) is 12.3. The number of amides is 1. The Kier molecular flexibility index (Phi) is 7.25. The molecule has 0 aliphatic carbocycles. The van der Waals surface area contributed by atoms with Gasteiger partial charge < -0.3 is 5.32 Å². The number of hydrogen-bond donors (Lipinski definition) is 2. The van der Waals surface area contributed by atoms with Crippen LogP contribution in [0.25, 0.3) is 0 Å². The third-order valence-corrected chi connectivity index (χ3v) is 7.07. The van der Waals surface area contributed by atoms with E-state index in [-0.39, 0.29) is 23.8 Å². The van der Waals surface area contributed by atoms with Gasteiger partial charge >= 0.3 is 0 Å². The quantitative estimate of drug-likeness (QED) is 0.540. The second kappa shape index (κ2) is 9.72. The van der Waals surface area contributed by atoms with Gasteiger partial charge in [-0.3, -0.25) is 4.79 Å². The van der Waals surface area contributed by atoms with Crippen LogP contribution in [0.4, 0.5) is 0 Å². The van der Waals surface area contributed by atoms with Crippen molar-refractivity contribution in [2.24, 2.45) is 0 Å². The molecule has 0 spiro atoms. The Bertz CT molecular complexity index is 1130. The molecule has 8 heteroatoms. The molecule has 0 aliphatic rings. The van der Waals surface area contributed by atoms with Crippen molar-refractivity contribution in [3.05, 3.63) is 81.8 Å². The molecule has 1 heterocycles. The molecule has 1 aromatic heterocycles. The van der Waals surface area contributed by atoms with E-state index in [1.807, 2.05) is 35.7 Å². The highest BCUT2D eigenvalue weighted by Gasteiger charge is 2.24. The predicted molar refractivity (Wildman–Crippen MR) is 123 cm³/mol. The summed E-state index contributed by atoms with van der Waals surface area (Å²) in [4.78, 5) is 17.2. The van der Waals surface area contributed by atoms with Crippen LogP contribution in [0.3, 0.4) is 0 Å². The van der Waals surface area contributed by atoms with Crippen LogP contribution in [-0.2, 0) is 34.2 Å². The average molecular weight is 458 g/mol. The topological polar surface area (TPSA) is 88.2 Å². The molecule has 0 bridgehead atoms. The van der Waals surface area contributed by atoms with Gasteiger partial charge in [-0.05, 0) is 38.0 Å². The number of nitrogens with zero attached hydrogens (tertiary/aromatic N) is 1. The van der Waals surface area contributed by atoms with Gasteiger partial charge in [-0.15, -0.1) is 11.3 Å². The minimum absolute atomic E-state index is 0.126. The number of sulfonamides is 1. The van der Waals surface area contributed by atoms with E-state index in [0.717, 1.165) is 11.4 Å². The highest BCUT2D eigenvalue weighted by atomic mass is 32.2. The summed E-state index contributed by atoms with van der Waals surface area (Å²) in [7, 11) is -3.69. The molecule has 0 unspecified atom stereocenters. The minimum Gasteiger partial charge on any atom is -0.352 e. The maximum atomic E-state index is 12.7. The summed E-state index contributed by atoms with van der Waals surface area (Å²) in [6.07, 6.45) is 0.888. The lowest BCUT2D eigenvalue weighted by Gasteiger charge is -2.21. The molecule has 164 valence electrons. The molecule has 0 radical (unpaired) electrons. The molecule has 0 fully saturated rings. The maximum absolute atomic E-state index is 12.7. The van der Waals surface area contributed by atoms with E-state index in [1.165, 1.54) is 16.9 Å². The zero-order chi connectivity index (χ0) is 22.5. The number of carbonyl (C=O) groups is 1. The third kappa shape index (κ3) is 6.99. The number of benzene rings is 2. The van der Waals surface area contributed by atoms with E-state index in [4.69, 9.17) is 0 Å². The van der Waals surface area contributed by atoms with Gasteiger partial charge in [0.1, 0.15) is 0 Å². The lowest BCUT2D eigenvalue weighted by molar-refractivity contribution is -0.120. The number of nitrogens with one attached hydrogen (secondary N) is 2. The number of thiazole rings is 1. The molecule has 0 saturated carbocycles. The fourth-order valence-electron chi connectivity index (χ4n) is 3.07. The van der Waals surface area contributed by atoms with E-state index in [1.54, 1.807) is 45.0 Å². The van der Waals surface area contributed by atoms with Crippen LogP contribution in [-0.4, -0.2) is 24.8 Å². The first-order valence-electron chi connectivity index (χ1n) is 9.98. The molecule has 2 aromatic carbocycles. The Morgan fingerprint density at radius 1 is 1.03 bits per heavy atom. The normalized spacial score (nSPS) is 12.0. The summed E-state index contributed by atoms with van der Waals surface area (Å²) in [5.41, 5.74) is 1.82. The average Bonchev–Trinajstić information content (AvgIpc) is 3.12. The van der Waals surface area contributed by atoms with Crippen molar-refractivity contribution in [2.45, 2.75) is 50.6 Å². The lowest BCUT2D eigenvalue weighted by atomic mass is 10.1. The Labute approximate surface area is 187 Å². The van der Waals surface area contributed by atoms with Crippen LogP contribution < -0.4 is 10.0 Å². The van der Waals surface area contributed by atoms with Crippen LogP contribution in [0.1, 0.15) is 42.6 Å². The van der Waals surface area contributed by atoms with E-state index < -0.39 is 15.6 Å². The zero-order valence-corrected chi connectivity index (χ0v) is 19.5. The second-order valence-electron chi connectivity index (χ2n) is 8.31. The molecule has 3 rings (SSSR count). The fourth-order valence-corrected chi connectivity index (χ4v) is 5.56. The van der Waals surface area contributed by atoms with Crippen molar-refractivity contribution in [3.63, 3.8) is 0 Å². The standard InChI is InChI=1S/C23H27N3O3S2/c1-23(2,3)26-31(28,29)20-12-8-7-11-18(20)15-24-21(27)14-19-16-30-22(25-19)13-17-9-5-4-6-10-17/h4-12,16,26H,13-15H2,1-3H3,(H,24,27). The zero-order valence-electron chi connectivity index (χ0n) is 17.9. The van der Waals surface area contributed by atoms with Crippen LogP contribution in [0.2, 0.25) is 0 Å². The van der Waals surface area contributed by atoms with Gasteiger partial charge in [0, 0.05) is 23.9 Å². The molecule has 0 aliphatic heterocycles. The lowest BCUT2D eigenvalue weighted by Crippen LogP contribution is -2.41. The van der Waals surface area contributed by atoms with Gasteiger partial charge in [-0.25, -0.2) is 18.1 Å². The number of hydrogen-bond acceptors (Lipinski definition) is 5. The van der Waals surface area contributed by atoms with Gasteiger partial charge in [0.15, 0.2) is 0 Å². The first-order chi connectivity index (χ1) is 14.6. The molecule has 2 N–H and O–H groups in total. The highest BCUT2D eigenvalue weighted by molar-refractivity contribution is 7.89. The Morgan fingerprint density at radius 3 is 2.42 bits per heavy atom. The summed E-state index contributed by atoms with van der Waals surface area (Å²) < 4.78 is 28.1. The maximum Gasteiger partial charge on any atom is 0.241 e. The molecule has 3 aromatic rings. The summed E-state index contributed by atoms with van der Waals surface area (Å²) >= 11 is 1.53. The molecule has 0 atom stereocenters.